The van der Waals surface area contributed by atoms with Crippen molar-refractivity contribution in [1.29, 1.82) is 0 Å². The molecule has 0 radical (unpaired) electrons. The molecule has 2 rings (SSSR count). The van der Waals surface area contributed by atoms with E-state index in [4.69, 9.17) is 21.7 Å². The Hall–Kier alpha value is -2.27. The Morgan fingerprint density at radius 2 is 1.67 bits per heavy atom. The van der Waals surface area contributed by atoms with Crippen molar-refractivity contribution in [3.63, 3.8) is 0 Å². The van der Waals surface area contributed by atoms with E-state index in [9.17, 15) is 0 Å². The summed E-state index contributed by atoms with van der Waals surface area (Å²) in [7, 11) is 3.31. The molecular formula is C19H24N2O2S. The summed E-state index contributed by atoms with van der Waals surface area (Å²) in [5, 5.41) is 7.10. The van der Waals surface area contributed by atoms with Crippen LogP contribution in [-0.4, -0.2) is 19.3 Å². The Morgan fingerprint density at radius 1 is 1.00 bits per heavy atom. The van der Waals surface area contributed by atoms with Crippen molar-refractivity contribution >= 4 is 23.0 Å². The zero-order valence-corrected chi connectivity index (χ0v) is 15.6. The summed E-state index contributed by atoms with van der Waals surface area (Å²) < 4.78 is 10.7. The lowest BCUT2D eigenvalue weighted by Crippen LogP contribution is -2.31. The van der Waals surface area contributed by atoms with E-state index in [0.717, 1.165) is 22.7 Å². The number of ether oxygens (including phenoxy) is 2. The fourth-order valence-electron chi connectivity index (χ4n) is 2.67. The predicted molar refractivity (Wildman–Crippen MR) is 103 cm³/mol. The van der Waals surface area contributed by atoms with E-state index < -0.39 is 0 Å². The Morgan fingerprint density at radius 3 is 2.25 bits per heavy atom. The molecule has 0 spiro atoms. The normalized spacial score (nSPS) is 11.5. The molecule has 0 amide bonds. The lowest BCUT2D eigenvalue weighted by atomic mass is 10.1. The highest BCUT2D eigenvalue weighted by Gasteiger charge is 2.14. The van der Waals surface area contributed by atoms with Gasteiger partial charge in [0.2, 0.25) is 0 Å². The first kappa shape index (κ1) is 18.1. The lowest BCUT2D eigenvalue weighted by molar-refractivity contribution is 0.395. The van der Waals surface area contributed by atoms with E-state index in [1.807, 2.05) is 25.1 Å². The second-order valence-corrected chi connectivity index (χ2v) is 6.21. The Kier molecular flexibility index (Phi) is 6.04. The van der Waals surface area contributed by atoms with E-state index in [-0.39, 0.29) is 6.04 Å². The number of methoxy groups -OCH3 is 2. The van der Waals surface area contributed by atoms with E-state index in [1.54, 1.807) is 14.2 Å². The monoisotopic (exact) mass is 344 g/mol. The number of rotatable bonds is 5. The molecule has 0 heterocycles. The van der Waals surface area contributed by atoms with Gasteiger partial charge in [0.1, 0.15) is 11.5 Å². The van der Waals surface area contributed by atoms with Crippen molar-refractivity contribution < 1.29 is 9.47 Å². The number of thiocarbonyl (C=S) groups is 1. The molecule has 0 unspecified atom stereocenters. The smallest absolute Gasteiger partial charge is 0.171 e. The molecule has 0 bridgehead atoms. The summed E-state index contributed by atoms with van der Waals surface area (Å²) in [5.41, 5.74) is 4.36. The average molecular weight is 344 g/mol. The summed E-state index contributed by atoms with van der Waals surface area (Å²) in [6, 6.07) is 12.0. The van der Waals surface area contributed by atoms with Gasteiger partial charge in [-0.15, -0.1) is 0 Å². The first-order valence-electron chi connectivity index (χ1n) is 7.80. The van der Waals surface area contributed by atoms with Crippen LogP contribution < -0.4 is 20.1 Å². The van der Waals surface area contributed by atoms with Gasteiger partial charge in [-0.1, -0.05) is 6.07 Å². The van der Waals surface area contributed by atoms with Crippen molar-refractivity contribution in [3.05, 3.63) is 53.1 Å². The molecule has 0 aromatic heterocycles. The zero-order chi connectivity index (χ0) is 17.7. The molecule has 0 aliphatic rings. The SMILES string of the molecule is COc1ccc(OC)c([C@@H](C)NC(=S)Nc2cc(C)cc(C)c2)c1. The minimum atomic E-state index is -0.0269. The van der Waals surface area contributed by atoms with E-state index >= 15 is 0 Å². The molecule has 5 heteroatoms. The number of aryl methyl sites for hydroxylation is 2. The van der Waals surface area contributed by atoms with Crippen molar-refractivity contribution in [2.24, 2.45) is 0 Å². The molecule has 2 N–H and O–H groups in total. The second-order valence-electron chi connectivity index (χ2n) is 5.80. The molecule has 24 heavy (non-hydrogen) atoms. The second kappa shape index (κ2) is 8.02. The van der Waals surface area contributed by atoms with Crippen LogP contribution in [0.1, 0.15) is 29.7 Å². The van der Waals surface area contributed by atoms with Crippen molar-refractivity contribution in [3.8, 4) is 11.5 Å². The Balaban J connectivity index is 2.11. The van der Waals surface area contributed by atoms with Crippen LogP contribution in [0.25, 0.3) is 0 Å². The quantitative estimate of drug-likeness (QED) is 0.789. The van der Waals surface area contributed by atoms with Gasteiger partial charge in [0.05, 0.1) is 20.3 Å². The third-order valence-electron chi connectivity index (χ3n) is 3.73. The van der Waals surface area contributed by atoms with Crippen molar-refractivity contribution in [1.82, 2.24) is 5.32 Å². The Bertz CT molecular complexity index is 711. The number of hydrogen-bond donors (Lipinski definition) is 2. The van der Waals surface area contributed by atoms with E-state index in [2.05, 4.69) is 42.7 Å². The summed E-state index contributed by atoms with van der Waals surface area (Å²) in [6.07, 6.45) is 0. The van der Waals surface area contributed by atoms with Crippen molar-refractivity contribution in [2.45, 2.75) is 26.8 Å². The van der Waals surface area contributed by atoms with Crippen LogP contribution in [-0.2, 0) is 0 Å². The first-order chi connectivity index (χ1) is 11.4. The van der Waals surface area contributed by atoms with Crippen LogP contribution in [0.2, 0.25) is 0 Å². The van der Waals surface area contributed by atoms with Crippen LogP contribution in [0.5, 0.6) is 11.5 Å². The van der Waals surface area contributed by atoms with Gasteiger partial charge in [0.25, 0.3) is 0 Å². The zero-order valence-electron chi connectivity index (χ0n) is 14.8. The number of anilines is 1. The molecule has 0 aliphatic heterocycles. The molecule has 0 aliphatic carbocycles. The largest absolute Gasteiger partial charge is 0.497 e. The summed E-state index contributed by atoms with van der Waals surface area (Å²) in [5.74, 6) is 1.58. The maximum absolute atomic E-state index is 5.45. The predicted octanol–water partition coefficient (Wildman–Crippen LogP) is 4.37. The Labute approximate surface area is 149 Å². The fourth-order valence-corrected chi connectivity index (χ4v) is 2.96. The highest BCUT2D eigenvalue weighted by atomic mass is 32.1. The number of hydrogen-bond acceptors (Lipinski definition) is 3. The molecule has 128 valence electrons. The van der Waals surface area contributed by atoms with Gasteiger partial charge in [-0.2, -0.15) is 0 Å². The van der Waals surface area contributed by atoms with E-state index in [0.29, 0.717) is 5.11 Å². The number of benzene rings is 2. The van der Waals surface area contributed by atoms with Crippen LogP contribution in [0.3, 0.4) is 0 Å². The number of nitrogens with one attached hydrogen (secondary N) is 2. The highest BCUT2D eigenvalue weighted by Crippen LogP contribution is 2.29. The minimum absolute atomic E-state index is 0.0269. The molecule has 2 aromatic rings. The van der Waals surface area contributed by atoms with Gasteiger partial charge in [0.15, 0.2) is 5.11 Å². The topological polar surface area (TPSA) is 42.5 Å². The third-order valence-corrected chi connectivity index (χ3v) is 3.95. The first-order valence-corrected chi connectivity index (χ1v) is 8.21. The third kappa shape index (κ3) is 4.61. The van der Waals surface area contributed by atoms with Crippen LogP contribution in [0.15, 0.2) is 36.4 Å². The van der Waals surface area contributed by atoms with Crippen LogP contribution in [0, 0.1) is 13.8 Å². The minimum Gasteiger partial charge on any atom is -0.497 e. The van der Waals surface area contributed by atoms with Gasteiger partial charge in [0, 0.05) is 11.3 Å². The molecule has 0 saturated carbocycles. The molecule has 1 atom stereocenters. The maximum Gasteiger partial charge on any atom is 0.171 e. The summed E-state index contributed by atoms with van der Waals surface area (Å²) in [6.45, 7) is 6.17. The maximum atomic E-state index is 5.45. The highest BCUT2D eigenvalue weighted by molar-refractivity contribution is 7.80. The average Bonchev–Trinajstić information content (AvgIpc) is 2.52. The van der Waals surface area contributed by atoms with Crippen molar-refractivity contribution in [2.75, 3.05) is 19.5 Å². The molecule has 2 aromatic carbocycles. The van der Waals surface area contributed by atoms with Gasteiger partial charge in [-0.3, -0.25) is 0 Å². The standard InChI is InChI=1S/C19H24N2O2S/c1-12-8-13(2)10-15(9-12)21-19(24)20-14(3)17-11-16(22-4)6-7-18(17)23-5/h6-11,14H,1-5H3,(H2,20,21,24)/t14-/m1/s1. The molecule has 0 saturated heterocycles. The van der Waals surface area contributed by atoms with E-state index in [1.165, 1.54) is 11.1 Å². The summed E-state index contributed by atoms with van der Waals surface area (Å²) >= 11 is 5.45. The van der Waals surface area contributed by atoms with Gasteiger partial charge in [-0.25, -0.2) is 0 Å². The molecular weight excluding hydrogens is 320 g/mol. The lowest BCUT2D eigenvalue weighted by Gasteiger charge is -2.20. The summed E-state index contributed by atoms with van der Waals surface area (Å²) in [4.78, 5) is 0. The molecule has 4 nitrogen and oxygen atoms in total. The van der Waals surface area contributed by atoms with Crippen LogP contribution >= 0.6 is 12.2 Å². The van der Waals surface area contributed by atoms with Gasteiger partial charge in [-0.05, 0) is 74.4 Å². The van der Waals surface area contributed by atoms with Gasteiger partial charge < -0.3 is 20.1 Å². The van der Waals surface area contributed by atoms with Crippen LogP contribution in [0.4, 0.5) is 5.69 Å². The molecule has 0 fully saturated rings. The fraction of sp³-hybridized carbons (Fsp3) is 0.316. The van der Waals surface area contributed by atoms with Gasteiger partial charge >= 0.3 is 0 Å².